The molecule has 74 heavy (non-hydrogen) atoms. The number of para-hydroxylation sites is 1. The number of benzene rings is 8. The maximum absolute atomic E-state index is 8.68. The standard InChI is InChI=1S/C67H62N4OSi.Pt/c1-46-22-20-31-61-64(46)70(51-39-48(66(5,6)7)38-49(40-51)67(8,9)10)45-69(61)50-23-21-24-52(42-50)72-53-32-34-58-59-44-57(33-35-60(59)71(62(58)43-53)63-41-47(36-37-68-63)65(2,3)4)73(54-25-14-11-15-26-54,55-27-16-12-17-28-55)56-29-18-13-19-30-56;/h11-41,44H,1-10H3;/q;+2/i1D3;. The van der Waals surface area contributed by atoms with Crippen LogP contribution in [0.4, 0.5) is 22.7 Å². The van der Waals surface area contributed by atoms with Gasteiger partial charge in [-0.3, -0.25) is 0 Å². The smallest absolute Gasteiger partial charge is 0.509 e. The zero-order valence-electron chi connectivity index (χ0n) is 46.5. The summed E-state index contributed by atoms with van der Waals surface area (Å²) in [7, 11) is -2.87. The van der Waals surface area contributed by atoms with Gasteiger partial charge in [0.25, 0.3) is 5.69 Å². The van der Waals surface area contributed by atoms with Crippen molar-refractivity contribution >= 4 is 79.4 Å². The molecule has 0 amide bonds. The van der Waals surface area contributed by atoms with Gasteiger partial charge >= 0.3 is 32.8 Å². The van der Waals surface area contributed by atoms with Crippen LogP contribution in [-0.2, 0) is 37.3 Å². The molecule has 0 bridgehead atoms. The fourth-order valence-electron chi connectivity index (χ4n) is 10.4. The second kappa shape index (κ2) is 19.2. The molecule has 0 fully saturated rings. The SMILES string of the molecule is [2H]C([2H])([2H])c1cccc2c1[N+](c1cc(C(C)(C)C)cc(C(C)(C)C)c1)=C=[N+]2c1[c-]c(Oc2[c-]c3c(cc2)c2cc([Si](c4ccccc4)(c4ccccc4)c4ccccc4)ccc2n3-c2cc(C(C)(C)C)ccn2)ccc1.[Pt+2]. The van der Waals surface area contributed by atoms with Crippen LogP contribution >= 0.6 is 0 Å². The maximum atomic E-state index is 8.68. The van der Waals surface area contributed by atoms with Gasteiger partial charge in [-0.25, -0.2) is 4.98 Å². The van der Waals surface area contributed by atoms with Gasteiger partial charge in [0.05, 0.1) is 0 Å². The van der Waals surface area contributed by atoms with Crippen LogP contribution in [0.2, 0.25) is 0 Å². The van der Waals surface area contributed by atoms with Crippen LogP contribution in [0.25, 0.3) is 27.6 Å². The number of nitrogens with zero attached hydrogens (tertiary/aromatic N) is 4. The Morgan fingerprint density at radius 3 is 1.73 bits per heavy atom. The van der Waals surface area contributed by atoms with Gasteiger partial charge in [-0.2, -0.15) is 12.1 Å². The molecular weight excluding hydrogens is 1100 g/mol. The predicted molar refractivity (Wildman–Crippen MR) is 308 cm³/mol. The topological polar surface area (TPSA) is 33.1 Å². The van der Waals surface area contributed by atoms with Gasteiger partial charge < -0.3 is 9.30 Å². The molecular formula is C67H62N4OPtSi+2. The van der Waals surface area contributed by atoms with Crippen LogP contribution in [-0.4, -0.2) is 23.6 Å². The van der Waals surface area contributed by atoms with Crippen LogP contribution in [0.15, 0.2) is 194 Å². The first-order valence-corrected chi connectivity index (χ1v) is 27.2. The zero-order valence-corrected chi connectivity index (χ0v) is 46.8. The average Bonchev–Trinajstić information content (AvgIpc) is 4.03. The van der Waals surface area contributed by atoms with Crippen molar-refractivity contribution in [3.8, 4) is 17.3 Å². The van der Waals surface area contributed by atoms with Crippen molar-refractivity contribution in [2.24, 2.45) is 0 Å². The van der Waals surface area contributed by atoms with Crippen molar-refractivity contribution in [3.05, 3.63) is 229 Å². The van der Waals surface area contributed by atoms with Crippen LogP contribution in [0.5, 0.6) is 11.5 Å². The van der Waals surface area contributed by atoms with Gasteiger partial charge in [0, 0.05) is 51.1 Å². The zero-order chi connectivity index (χ0) is 53.4. The van der Waals surface area contributed by atoms with Gasteiger partial charge in [-0.1, -0.05) is 206 Å². The van der Waals surface area contributed by atoms with E-state index >= 15 is 0 Å². The van der Waals surface area contributed by atoms with E-state index in [9.17, 15) is 0 Å². The first-order chi connectivity index (χ1) is 36.2. The summed E-state index contributed by atoms with van der Waals surface area (Å²) in [6, 6.07) is 77.1. The van der Waals surface area contributed by atoms with Gasteiger partial charge in [0.15, 0.2) is 8.07 Å². The summed E-state index contributed by atoms with van der Waals surface area (Å²) >= 11 is 0. The van der Waals surface area contributed by atoms with E-state index in [1.54, 1.807) is 12.1 Å². The van der Waals surface area contributed by atoms with Crippen LogP contribution < -0.4 is 34.6 Å². The minimum absolute atomic E-state index is 0. The summed E-state index contributed by atoms with van der Waals surface area (Å²) in [5, 5.41) is 7.29. The Hall–Kier alpha value is -7.20. The summed E-state index contributed by atoms with van der Waals surface area (Å²) in [5.41, 5.74) is 7.84. The fourth-order valence-corrected chi connectivity index (χ4v) is 15.2. The largest absolute Gasteiger partial charge is 2.00 e. The summed E-state index contributed by atoms with van der Waals surface area (Å²) in [5.74, 6) is 1.77. The number of aryl methyl sites for hydroxylation is 1. The predicted octanol–water partition coefficient (Wildman–Crippen LogP) is 14.0. The van der Waals surface area contributed by atoms with E-state index < -0.39 is 14.9 Å². The van der Waals surface area contributed by atoms with E-state index in [1.807, 2.05) is 45.7 Å². The minimum atomic E-state index is -2.87. The van der Waals surface area contributed by atoms with Crippen LogP contribution in [0.3, 0.4) is 0 Å². The van der Waals surface area contributed by atoms with Crippen molar-refractivity contribution in [1.29, 1.82) is 0 Å². The van der Waals surface area contributed by atoms with Crippen LogP contribution in [0, 0.1) is 19.0 Å². The molecule has 2 aromatic heterocycles. The Bertz CT molecular complexity index is 3810. The fraction of sp³-hybridized carbons (Fsp3) is 0.194. The van der Waals surface area contributed by atoms with E-state index in [4.69, 9.17) is 13.8 Å². The number of ether oxygens (including phenoxy) is 1. The number of pyridine rings is 1. The second-order valence-corrected chi connectivity index (χ2v) is 26.2. The quantitative estimate of drug-likeness (QED) is 0.0624. The van der Waals surface area contributed by atoms with Crippen molar-refractivity contribution in [2.75, 3.05) is 0 Å². The Balaban J connectivity index is 0.00000672. The third kappa shape index (κ3) is 9.04. The van der Waals surface area contributed by atoms with Crippen molar-refractivity contribution in [3.63, 3.8) is 0 Å². The number of hydrogen-bond donors (Lipinski definition) is 0. The minimum Gasteiger partial charge on any atom is -0.509 e. The molecule has 0 spiro atoms. The Labute approximate surface area is 456 Å². The number of rotatable bonds is 9. The molecule has 8 aromatic carbocycles. The van der Waals surface area contributed by atoms with E-state index in [0.717, 1.165) is 44.4 Å². The van der Waals surface area contributed by atoms with Gasteiger partial charge in [0.1, 0.15) is 11.5 Å². The van der Waals surface area contributed by atoms with Gasteiger partial charge in [0.2, 0.25) is 5.69 Å². The Kier molecular flexibility index (Phi) is 12.1. The summed E-state index contributed by atoms with van der Waals surface area (Å²) in [6.07, 6.45) is 1.90. The molecule has 5 nitrogen and oxygen atoms in total. The molecule has 0 N–H and O–H groups in total. The maximum Gasteiger partial charge on any atom is 2.00 e. The summed E-state index contributed by atoms with van der Waals surface area (Å²) < 4.78 is 38.8. The third-order valence-corrected chi connectivity index (χ3v) is 19.1. The molecule has 0 aliphatic carbocycles. The van der Waals surface area contributed by atoms with Crippen molar-refractivity contribution < 1.29 is 29.9 Å². The molecule has 0 saturated heterocycles. The Morgan fingerprint density at radius 2 is 1.14 bits per heavy atom. The normalized spacial score (nSPS) is 13.6. The third-order valence-electron chi connectivity index (χ3n) is 14.3. The molecule has 0 radical (unpaired) electrons. The van der Waals surface area contributed by atoms with E-state index in [1.165, 1.54) is 26.3 Å². The molecule has 0 saturated carbocycles. The number of fused-ring (bicyclic) bond motifs is 4. The average molecular weight is 1170 g/mol. The number of aromatic nitrogens is 2. The van der Waals surface area contributed by atoms with Crippen molar-refractivity contribution in [2.45, 2.75) is 85.4 Å². The monoisotopic (exact) mass is 1160 g/mol. The Morgan fingerprint density at radius 1 is 0.541 bits per heavy atom. The van der Waals surface area contributed by atoms with Gasteiger partial charge in [-0.05, 0) is 88.7 Å². The molecule has 1 aliphatic rings. The summed E-state index contributed by atoms with van der Waals surface area (Å²) in [6.45, 7) is 17.5. The first kappa shape index (κ1) is 46.6. The molecule has 368 valence electrons. The molecule has 11 rings (SSSR count). The second-order valence-electron chi connectivity index (χ2n) is 22.4. The molecule has 1 aliphatic heterocycles. The molecule has 0 atom stereocenters. The van der Waals surface area contributed by atoms with E-state index in [-0.39, 0.29) is 42.9 Å². The van der Waals surface area contributed by atoms with Crippen molar-refractivity contribution in [1.82, 2.24) is 18.7 Å². The molecule has 0 unspecified atom stereocenters. The molecule has 3 heterocycles. The summed E-state index contributed by atoms with van der Waals surface area (Å²) in [4.78, 5) is 5.03. The van der Waals surface area contributed by atoms with E-state index in [2.05, 4.69) is 231 Å². The molecule has 10 aromatic rings. The van der Waals surface area contributed by atoms with Gasteiger partial charge in [-0.15, -0.1) is 23.6 Å². The molecule has 7 heteroatoms. The first-order valence-electron chi connectivity index (χ1n) is 26.7. The van der Waals surface area contributed by atoms with E-state index in [0.29, 0.717) is 28.6 Å². The van der Waals surface area contributed by atoms with Crippen LogP contribution in [0.1, 0.15) is 88.7 Å². The number of hydrogen-bond acceptors (Lipinski definition) is 2.